The van der Waals surface area contributed by atoms with Gasteiger partial charge in [0, 0.05) is 5.39 Å². The minimum Gasteiger partial charge on any atom is -0.455 e. The molecule has 0 amide bonds. The Labute approximate surface area is 169 Å². The van der Waals surface area contributed by atoms with E-state index in [1.807, 2.05) is 42.5 Å². The van der Waals surface area contributed by atoms with Crippen LogP contribution in [-0.4, -0.2) is 38.1 Å². The highest BCUT2D eigenvalue weighted by Gasteiger charge is 2.33. The molecule has 7 nitrogen and oxygen atoms in total. The molecule has 0 unspecified atom stereocenters. The summed E-state index contributed by atoms with van der Waals surface area (Å²) in [7, 11) is 0. The van der Waals surface area contributed by atoms with Gasteiger partial charge in [-0.25, -0.2) is 14.3 Å². The number of carbonyl (C=O) groups excluding carboxylic acids is 2. The van der Waals surface area contributed by atoms with E-state index in [1.165, 1.54) is 4.68 Å². The molecule has 3 aromatic rings. The molecule has 29 heavy (non-hydrogen) atoms. The van der Waals surface area contributed by atoms with E-state index in [1.54, 1.807) is 41.5 Å². The minimum atomic E-state index is -0.754. The highest BCUT2D eigenvalue weighted by molar-refractivity contribution is 6.02. The summed E-state index contributed by atoms with van der Waals surface area (Å²) in [6.07, 6.45) is 0. The predicted octanol–water partition coefficient (Wildman–Crippen LogP) is 4.33. The zero-order valence-corrected chi connectivity index (χ0v) is 17.5. The lowest BCUT2D eigenvalue weighted by Gasteiger charge is -2.21. The Balaban J connectivity index is 2.19. The maximum Gasteiger partial charge on any atom is 0.362 e. The summed E-state index contributed by atoms with van der Waals surface area (Å²) >= 11 is 0. The molecule has 0 spiro atoms. The molecule has 2 aromatic carbocycles. The summed E-state index contributed by atoms with van der Waals surface area (Å²) in [5, 5.41) is 9.90. The summed E-state index contributed by atoms with van der Waals surface area (Å²) in [6, 6.07) is 13.3. The molecular weight excluding hydrogens is 370 g/mol. The second kappa shape index (κ2) is 7.31. The first-order valence-electron chi connectivity index (χ1n) is 9.37. The van der Waals surface area contributed by atoms with Gasteiger partial charge in [0.2, 0.25) is 5.69 Å². The number of ether oxygens (including phenoxy) is 2. The van der Waals surface area contributed by atoms with Crippen LogP contribution in [0.5, 0.6) is 0 Å². The highest BCUT2D eigenvalue weighted by atomic mass is 16.6. The molecular formula is C22H25N3O4. The molecule has 0 aliphatic carbocycles. The molecule has 0 aliphatic rings. The highest BCUT2D eigenvalue weighted by Crippen LogP contribution is 2.25. The fourth-order valence-corrected chi connectivity index (χ4v) is 2.82. The van der Waals surface area contributed by atoms with Crippen molar-refractivity contribution < 1.29 is 19.1 Å². The van der Waals surface area contributed by atoms with Crippen LogP contribution in [0.15, 0.2) is 42.5 Å². The summed E-state index contributed by atoms with van der Waals surface area (Å²) in [6.45, 7) is 10.5. The predicted molar refractivity (Wildman–Crippen MR) is 109 cm³/mol. The van der Waals surface area contributed by atoms with E-state index in [-0.39, 0.29) is 11.4 Å². The molecule has 0 radical (unpaired) electrons. The van der Waals surface area contributed by atoms with E-state index in [0.717, 1.165) is 10.8 Å². The number of hydrogen-bond donors (Lipinski definition) is 0. The number of esters is 2. The molecule has 7 heteroatoms. The molecule has 0 atom stereocenters. The molecule has 0 saturated heterocycles. The Kier molecular flexibility index (Phi) is 5.17. The van der Waals surface area contributed by atoms with Gasteiger partial charge in [0.25, 0.3) is 0 Å². The first kappa shape index (κ1) is 20.5. The topological polar surface area (TPSA) is 83.3 Å². The van der Waals surface area contributed by atoms with E-state index in [0.29, 0.717) is 5.69 Å². The quantitative estimate of drug-likeness (QED) is 0.614. The van der Waals surface area contributed by atoms with Gasteiger partial charge < -0.3 is 9.47 Å². The Morgan fingerprint density at radius 2 is 1.41 bits per heavy atom. The number of fused-ring (bicyclic) bond motifs is 1. The molecule has 1 aromatic heterocycles. The van der Waals surface area contributed by atoms with E-state index >= 15 is 0 Å². The molecule has 0 saturated carbocycles. The van der Waals surface area contributed by atoms with Gasteiger partial charge in [-0.05, 0) is 53.0 Å². The van der Waals surface area contributed by atoms with Crippen LogP contribution in [0.2, 0.25) is 0 Å². The Bertz CT molecular complexity index is 1070. The lowest BCUT2D eigenvalue weighted by molar-refractivity contribution is 0.000944. The summed E-state index contributed by atoms with van der Waals surface area (Å²) in [5.74, 6) is -1.43. The van der Waals surface area contributed by atoms with Crippen molar-refractivity contribution in [2.45, 2.75) is 52.7 Å². The Hall–Kier alpha value is -3.22. The van der Waals surface area contributed by atoms with E-state index in [4.69, 9.17) is 9.47 Å². The smallest absolute Gasteiger partial charge is 0.362 e. The van der Waals surface area contributed by atoms with Gasteiger partial charge >= 0.3 is 11.9 Å². The van der Waals surface area contributed by atoms with Crippen LogP contribution in [-0.2, 0) is 9.47 Å². The molecule has 3 rings (SSSR count). The standard InChI is InChI=1S/C22H25N3O4/c1-21(2,3)28-19(26)17-18(20(27)29-22(4,5)6)25(24-23-17)16-13-9-11-14-10-7-8-12-15(14)16/h7-13H,1-6H3. The van der Waals surface area contributed by atoms with E-state index in [2.05, 4.69) is 10.3 Å². The molecule has 0 fully saturated rings. The fourth-order valence-electron chi connectivity index (χ4n) is 2.82. The third-order valence-electron chi connectivity index (χ3n) is 3.85. The van der Waals surface area contributed by atoms with Crippen LogP contribution in [0.25, 0.3) is 16.5 Å². The van der Waals surface area contributed by atoms with Crippen molar-refractivity contribution in [2.75, 3.05) is 0 Å². The molecule has 0 aliphatic heterocycles. The lowest BCUT2D eigenvalue weighted by Crippen LogP contribution is -2.29. The Morgan fingerprint density at radius 1 is 0.828 bits per heavy atom. The first-order chi connectivity index (χ1) is 13.5. The first-order valence-corrected chi connectivity index (χ1v) is 9.37. The maximum absolute atomic E-state index is 13.0. The van der Waals surface area contributed by atoms with Gasteiger partial charge in [-0.3, -0.25) is 0 Å². The van der Waals surface area contributed by atoms with Crippen molar-refractivity contribution in [3.8, 4) is 5.69 Å². The van der Waals surface area contributed by atoms with Gasteiger partial charge in [0.15, 0.2) is 5.69 Å². The largest absolute Gasteiger partial charge is 0.455 e. The second-order valence-electron chi connectivity index (χ2n) is 8.70. The molecule has 1 heterocycles. The van der Waals surface area contributed by atoms with Crippen LogP contribution in [0.3, 0.4) is 0 Å². The number of aromatic nitrogens is 3. The van der Waals surface area contributed by atoms with Crippen molar-refractivity contribution in [1.82, 2.24) is 15.0 Å². The average molecular weight is 395 g/mol. The van der Waals surface area contributed by atoms with E-state index in [9.17, 15) is 9.59 Å². The SMILES string of the molecule is CC(C)(C)OC(=O)c1nnn(-c2cccc3ccccc23)c1C(=O)OC(C)(C)C. The van der Waals surface area contributed by atoms with Crippen LogP contribution >= 0.6 is 0 Å². The third-order valence-corrected chi connectivity index (χ3v) is 3.85. The zero-order chi connectivity index (χ0) is 21.4. The van der Waals surface area contributed by atoms with Gasteiger partial charge in [0.1, 0.15) is 11.2 Å². The van der Waals surface area contributed by atoms with Crippen LogP contribution in [0.1, 0.15) is 62.5 Å². The minimum absolute atomic E-state index is 0.0643. The third kappa shape index (κ3) is 4.62. The number of rotatable bonds is 3. The van der Waals surface area contributed by atoms with Gasteiger partial charge in [-0.1, -0.05) is 41.6 Å². The summed E-state index contributed by atoms with van der Waals surface area (Å²) in [4.78, 5) is 25.7. The van der Waals surface area contributed by atoms with Crippen molar-refractivity contribution in [3.05, 3.63) is 53.9 Å². The van der Waals surface area contributed by atoms with Gasteiger partial charge in [-0.15, -0.1) is 5.10 Å². The average Bonchev–Trinajstić information content (AvgIpc) is 3.03. The number of nitrogens with zero attached hydrogens (tertiary/aromatic N) is 3. The zero-order valence-electron chi connectivity index (χ0n) is 17.5. The van der Waals surface area contributed by atoms with Crippen LogP contribution < -0.4 is 0 Å². The van der Waals surface area contributed by atoms with Gasteiger partial charge in [0.05, 0.1) is 5.69 Å². The molecule has 0 bridgehead atoms. The monoisotopic (exact) mass is 395 g/mol. The van der Waals surface area contributed by atoms with Crippen molar-refractivity contribution in [2.24, 2.45) is 0 Å². The van der Waals surface area contributed by atoms with Crippen LogP contribution in [0.4, 0.5) is 0 Å². The molecule has 152 valence electrons. The second-order valence-corrected chi connectivity index (χ2v) is 8.70. The normalized spacial score (nSPS) is 12.1. The van der Waals surface area contributed by atoms with Crippen molar-refractivity contribution in [3.63, 3.8) is 0 Å². The molecule has 0 N–H and O–H groups in total. The maximum atomic E-state index is 13.0. The fraction of sp³-hybridized carbons (Fsp3) is 0.364. The van der Waals surface area contributed by atoms with Crippen LogP contribution in [0, 0.1) is 0 Å². The van der Waals surface area contributed by atoms with E-state index < -0.39 is 23.1 Å². The number of benzene rings is 2. The summed E-state index contributed by atoms with van der Waals surface area (Å²) in [5.41, 5.74) is -1.12. The lowest BCUT2D eigenvalue weighted by atomic mass is 10.1. The van der Waals surface area contributed by atoms with Gasteiger partial charge in [-0.2, -0.15) is 0 Å². The summed E-state index contributed by atoms with van der Waals surface area (Å²) < 4.78 is 12.3. The number of carbonyl (C=O) groups is 2. The van der Waals surface area contributed by atoms with Crippen molar-refractivity contribution >= 4 is 22.7 Å². The van der Waals surface area contributed by atoms with Crippen molar-refractivity contribution in [1.29, 1.82) is 0 Å². The number of hydrogen-bond acceptors (Lipinski definition) is 6. The Morgan fingerprint density at radius 3 is 2.07 bits per heavy atom.